The number of rotatable bonds is 4. The Bertz CT molecular complexity index is 840. The van der Waals surface area contributed by atoms with Gasteiger partial charge in [-0.1, -0.05) is 38.3 Å². The van der Waals surface area contributed by atoms with E-state index in [1.165, 1.54) is 41.1 Å². The average molecular weight is 466 g/mol. The van der Waals surface area contributed by atoms with Gasteiger partial charge in [-0.15, -0.1) is 0 Å². The van der Waals surface area contributed by atoms with E-state index in [0.717, 1.165) is 28.6 Å². The van der Waals surface area contributed by atoms with Crippen LogP contribution < -0.4 is 0 Å². The summed E-state index contributed by atoms with van der Waals surface area (Å²) in [6.45, 7) is 3.61. The molecule has 1 aromatic heterocycles. The standard InChI is InChI=1S/C20H22Br2N2O/c21-14-4-6-19-17(10-14)18-11-15(22)5-7-20(18)24(19)13-16(25)12-23-8-2-1-3-9-23/h4-7,10-11,16,25H,1-3,8-9,12-13H2/t16-/m1/s1. The Morgan fingerprint density at radius 1 is 0.840 bits per heavy atom. The highest BCUT2D eigenvalue weighted by molar-refractivity contribution is 9.10. The molecule has 5 heteroatoms. The maximum Gasteiger partial charge on any atom is 0.0845 e. The summed E-state index contributed by atoms with van der Waals surface area (Å²) in [4.78, 5) is 2.40. The predicted molar refractivity (Wildman–Crippen MR) is 111 cm³/mol. The van der Waals surface area contributed by atoms with Gasteiger partial charge in [0.05, 0.1) is 12.6 Å². The number of fused-ring (bicyclic) bond motifs is 3. The van der Waals surface area contributed by atoms with E-state index in [1.807, 2.05) is 0 Å². The number of benzene rings is 2. The van der Waals surface area contributed by atoms with Crippen LogP contribution in [0.5, 0.6) is 0 Å². The molecule has 0 unspecified atom stereocenters. The summed E-state index contributed by atoms with van der Waals surface area (Å²) in [6, 6.07) is 12.8. The lowest BCUT2D eigenvalue weighted by molar-refractivity contribution is 0.0901. The minimum Gasteiger partial charge on any atom is -0.390 e. The zero-order valence-corrected chi connectivity index (χ0v) is 17.3. The topological polar surface area (TPSA) is 28.4 Å². The molecule has 25 heavy (non-hydrogen) atoms. The fourth-order valence-electron chi connectivity index (χ4n) is 3.95. The van der Waals surface area contributed by atoms with Crippen molar-refractivity contribution in [1.82, 2.24) is 9.47 Å². The smallest absolute Gasteiger partial charge is 0.0845 e. The molecule has 1 fully saturated rings. The molecule has 0 saturated carbocycles. The molecule has 3 nitrogen and oxygen atoms in total. The van der Waals surface area contributed by atoms with Crippen molar-refractivity contribution in [3.05, 3.63) is 45.3 Å². The third-order valence-corrected chi connectivity index (χ3v) is 6.09. The zero-order valence-electron chi connectivity index (χ0n) is 14.1. The third kappa shape index (κ3) is 3.65. The highest BCUT2D eigenvalue weighted by Gasteiger charge is 2.18. The first-order valence-electron chi connectivity index (χ1n) is 8.89. The largest absolute Gasteiger partial charge is 0.390 e. The van der Waals surface area contributed by atoms with Crippen LogP contribution in [0.25, 0.3) is 21.8 Å². The lowest BCUT2D eigenvalue weighted by Crippen LogP contribution is -2.38. The second-order valence-corrected chi connectivity index (χ2v) is 8.78. The summed E-state index contributed by atoms with van der Waals surface area (Å²) in [5.74, 6) is 0. The first-order chi connectivity index (χ1) is 12.1. The predicted octanol–water partition coefficient (Wildman–Crippen LogP) is 5.17. The molecule has 3 aromatic rings. The van der Waals surface area contributed by atoms with Gasteiger partial charge in [0.2, 0.25) is 0 Å². The van der Waals surface area contributed by atoms with Crippen molar-refractivity contribution in [2.75, 3.05) is 19.6 Å². The molecular weight excluding hydrogens is 444 g/mol. The Morgan fingerprint density at radius 2 is 1.40 bits per heavy atom. The zero-order chi connectivity index (χ0) is 17.4. The van der Waals surface area contributed by atoms with Crippen LogP contribution in [0.1, 0.15) is 19.3 Å². The van der Waals surface area contributed by atoms with Crippen molar-refractivity contribution in [2.24, 2.45) is 0 Å². The minimum absolute atomic E-state index is 0.357. The fourth-order valence-corrected chi connectivity index (χ4v) is 4.68. The number of aliphatic hydroxyl groups excluding tert-OH is 1. The van der Waals surface area contributed by atoms with Crippen molar-refractivity contribution < 1.29 is 5.11 Å². The molecule has 4 rings (SSSR count). The van der Waals surface area contributed by atoms with Crippen LogP contribution in [-0.2, 0) is 6.54 Å². The van der Waals surface area contributed by atoms with Gasteiger partial charge in [-0.2, -0.15) is 0 Å². The van der Waals surface area contributed by atoms with E-state index in [0.29, 0.717) is 6.54 Å². The van der Waals surface area contributed by atoms with Crippen molar-refractivity contribution in [2.45, 2.75) is 31.9 Å². The van der Waals surface area contributed by atoms with E-state index in [9.17, 15) is 5.11 Å². The minimum atomic E-state index is -0.357. The monoisotopic (exact) mass is 464 g/mol. The molecule has 0 amide bonds. The average Bonchev–Trinajstić information content (AvgIpc) is 2.88. The summed E-state index contributed by atoms with van der Waals surface area (Å²) >= 11 is 7.17. The normalized spacial score (nSPS) is 17.4. The summed E-state index contributed by atoms with van der Waals surface area (Å²) in [6.07, 6.45) is 3.47. The molecule has 1 saturated heterocycles. The summed E-state index contributed by atoms with van der Waals surface area (Å²) in [5, 5.41) is 13.2. The highest BCUT2D eigenvalue weighted by atomic mass is 79.9. The Kier molecular flexibility index (Phi) is 5.18. The number of aliphatic hydroxyl groups is 1. The van der Waals surface area contributed by atoms with Crippen LogP contribution in [0.3, 0.4) is 0 Å². The SMILES string of the molecule is O[C@H](CN1CCCCC1)Cn1c2ccc(Br)cc2c2cc(Br)ccc21. The third-order valence-electron chi connectivity index (χ3n) is 5.10. The van der Waals surface area contributed by atoms with Gasteiger partial charge in [0.15, 0.2) is 0 Å². The van der Waals surface area contributed by atoms with Crippen molar-refractivity contribution in [3.8, 4) is 0 Å². The van der Waals surface area contributed by atoms with Crippen LogP contribution in [0, 0.1) is 0 Å². The van der Waals surface area contributed by atoms with Gasteiger partial charge < -0.3 is 14.6 Å². The van der Waals surface area contributed by atoms with E-state index in [-0.39, 0.29) is 6.10 Å². The second kappa shape index (κ2) is 7.39. The number of aromatic nitrogens is 1. The Balaban J connectivity index is 1.69. The molecule has 1 aliphatic rings. The number of piperidine rings is 1. The van der Waals surface area contributed by atoms with E-state index in [2.05, 4.69) is 77.7 Å². The molecule has 2 heterocycles. The van der Waals surface area contributed by atoms with E-state index >= 15 is 0 Å². The number of nitrogens with zero attached hydrogens (tertiary/aromatic N) is 2. The fraction of sp³-hybridized carbons (Fsp3) is 0.400. The molecule has 1 aliphatic heterocycles. The lowest BCUT2D eigenvalue weighted by Gasteiger charge is -2.28. The number of β-amino-alcohol motifs (C(OH)–C–C–N with tert-alkyl or cyclic N) is 1. The van der Waals surface area contributed by atoms with Crippen LogP contribution in [-0.4, -0.2) is 40.3 Å². The number of hydrogen-bond donors (Lipinski definition) is 1. The molecule has 0 radical (unpaired) electrons. The quantitative estimate of drug-likeness (QED) is 0.575. The maximum atomic E-state index is 10.7. The van der Waals surface area contributed by atoms with Crippen LogP contribution in [0.4, 0.5) is 0 Å². The van der Waals surface area contributed by atoms with E-state index in [1.54, 1.807) is 0 Å². The van der Waals surface area contributed by atoms with Gasteiger partial charge in [-0.25, -0.2) is 0 Å². The Hall–Kier alpha value is -0.880. The molecule has 0 aliphatic carbocycles. The van der Waals surface area contributed by atoms with Gasteiger partial charge in [-0.05, 0) is 62.3 Å². The molecule has 0 bridgehead atoms. The summed E-state index contributed by atoms with van der Waals surface area (Å²) in [7, 11) is 0. The molecule has 1 atom stereocenters. The van der Waals surface area contributed by atoms with Crippen LogP contribution in [0.15, 0.2) is 45.3 Å². The van der Waals surface area contributed by atoms with Gasteiger partial charge in [0.1, 0.15) is 0 Å². The summed E-state index contributed by atoms with van der Waals surface area (Å²) in [5.41, 5.74) is 2.35. The molecule has 0 spiro atoms. The molecule has 1 N–H and O–H groups in total. The van der Waals surface area contributed by atoms with Crippen molar-refractivity contribution >= 4 is 53.7 Å². The first kappa shape index (κ1) is 17.5. The van der Waals surface area contributed by atoms with E-state index < -0.39 is 0 Å². The summed E-state index contributed by atoms with van der Waals surface area (Å²) < 4.78 is 4.42. The van der Waals surface area contributed by atoms with Crippen LogP contribution in [0.2, 0.25) is 0 Å². The highest BCUT2D eigenvalue weighted by Crippen LogP contribution is 2.33. The number of hydrogen-bond acceptors (Lipinski definition) is 2. The van der Waals surface area contributed by atoms with Gasteiger partial charge in [-0.3, -0.25) is 0 Å². The van der Waals surface area contributed by atoms with Gasteiger partial charge in [0.25, 0.3) is 0 Å². The Morgan fingerprint density at radius 3 is 1.96 bits per heavy atom. The number of likely N-dealkylation sites (tertiary alicyclic amines) is 1. The molecule has 132 valence electrons. The lowest BCUT2D eigenvalue weighted by atomic mass is 10.1. The van der Waals surface area contributed by atoms with Crippen molar-refractivity contribution in [1.29, 1.82) is 0 Å². The molecule has 2 aromatic carbocycles. The Labute approximate surface area is 164 Å². The van der Waals surface area contributed by atoms with Crippen LogP contribution >= 0.6 is 31.9 Å². The maximum absolute atomic E-state index is 10.7. The van der Waals surface area contributed by atoms with Gasteiger partial charge in [0, 0.05) is 37.3 Å². The second-order valence-electron chi connectivity index (χ2n) is 6.95. The van der Waals surface area contributed by atoms with Gasteiger partial charge >= 0.3 is 0 Å². The van der Waals surface area contributed by atoms with Crippen molar-refractivity contribution in [3.63, 3.8) is 0 Å². The molecular formula is C20H22Br2N2O. The first-order valence-corrected chi connectivity index (χ1v) is 10.5. The number of halogens is 2. The van der Waals surface area contributed by atoms with E-state index in [4.69, 9.17) is 0 Å².